The predicted molar refractivity (Wildman–Crippen MR) is 81.3 cm³/mol. The van der Waals surface area contributed by atoms with Crippen LogP contribution in [0.15, 0.2) is 6.07 Å². The summed E-state index contributed by atoms with van der Waals surface area (Å²) in [4.78, 5) is 12.3. The molecule has 0 bridgehead atoms. The van der Waals surface area contributed by atoms with Gasteiger partial charge < -0.3 is 9.30 Å². The van der Waals surface area contributed by atoms with Crippen molar-refractivity contribution in [3.05, 3.63) is 23.0 Å². The van der Waals surface area contributed by atoms with Crippen LogP contribution in [0.4, 0.5) is 0 Å². The second-order valence-corrected chi connectivity index (χ2v) is 6.15. The highest BCUT2D eigenvalue weighted by Crippen LogP contribution is 2.25. The molecule has 1 aliphatic carbocycles. The van der Waals surface area contributed by atoms with Crippen LogP contribution in [0.1, 0.15) is 61.3 Å². The molecular formula is C17H27NO2. The van der Waals surface area contributed by atoms with Crippen LogP contribution in [0.2, 0.25) is 0 Å². The van der Waals surface area contributed by atoms with Gasteiger partial charge in [0.1, 0.15) is 6.61 Å². The maximum Gasteiger partial charge on any atom is 0.190 e. The van der Waals surface area contributed by atoms with Gasteiger partial charge in [-0.05, 0) is 58.4 Å². The van der Waals surface area contributed by atoms with Gasteiger partial charge in [-0.3, -0.25) is 4.79 Å². The smallest absolute Gasteiger partial charge is 0.190 e. The molecule has 0 amide bonds. The van der Waals surface area contributed by atoms with Gasteiger partial charge in [0, 0.05) is 23.5 Å². The molecule has 112 valence electrons. The molecule has 0 N–H and O–H groups in total. The summed E-state index contributed by atoms with van der Waals surface area (Å²) in [5, 5.41) is 0. The van der Waals surface area contributed by atoms with Crippen LogP contribution in [0.3, 0.4) is 0 Å². The van der Waals surface area contributed by atoms with E-state index in [0.29, 0.717) is 0 Å². The second-order valence-electron chi connectivity index (χ2n) is 6.15. The molecule has 1 aromatic rings. The van der Waals surface area contributed by atoms with Gasteiger partial charge >= 0.3 is 0 Å². The van der Waals surface area contributed by atoms with Crippen LogP contribution in [0.25, 0.3) is 0 Å². The lowest BCUT2D eigenvalue weighted by Gasteiger charge is -2.25. The zero-order valence-corrected chi connectivity index (χ0v) is 13.2. The van der Waals surface area contributed by atoms with E-state index in [2.05, 4.69) is 25.3 Å². The first-order valence-corrected chi connectivity index (χ1v) is 7.84. The van der Waals surface area contributed by atoms with Crippen molar-refractivity contribution in [1.29, 1.82) is 0 Å². The van der Waals surface area contributed by atoms with E-state index in [-0.39, 0.29) is 18.5 Å². The molecule has 0 aliphatic heterocycles. The molecule has 1 fully saturated rings. The molecular weight excluding hydrogens is 250 g/mol. The van der Waals surface area contributed by atoms with Crippen molar-refractivity contribution in [3.63, 3.8) is 0 Å². The standard InChI is InChI=1S/C17H27NO2/c1-5-18-13(3)10-16(14(18)4)17(19)11-20-15-8-6-12(2)7-9-15/h10,12,15H,5-9,11H2,1-4H3. The number of hydrogen-bond donors (Lipinski definition) is 0. The molecule has 1 saturated carbocycles. The van der Waals surface area contributed by atoms with Crippen LogP contribution in [-0.2, 0) is 11.3 Å². The van der Waals surface area contributed by atoms with Gasteiger partial charge in [-0.2, -0.15) is 0 Å². The maximum absolute atomic E-state index is 12.3. The topological polar surface area (TPSA) is 31.2 Å². The molecule has 3 nitrogen and oxygen atoms in total. The molecule has 0 radical (unpaired) electrons. The summed E-state index contributed by atoms with van der Waals surface area (Å²) < 4.78 is 8.00. The lowest BCUT2D eigenvalue weighted by molar-refractivity contribution is 0.0217. The van der Waals surface area contributed by atoms with Crippen LogP contribution in [-0.4, -0.2) is 23.1 Å². The molecule has 0 saturated heterocycles. The van der Waals surface area contributed by atoms with Crippen molar-refractivity contribution in [2.75, 3.05) is 6.61 Å². The normalized spacial score (nSPS) is 23.0. The zero-order valence-electron chi connectivity index (χ0n) is 13.2. The number of ether oxygens (including phenoxy) is 1. The third kappa shape index (κ3) is 3.32. The minimum atomic E-state index is 0.122. The third-order valence-corrected chi connectivity index (χ3v) is 4.60. The van der Waals surface area contributed by atoms with Crippen molar-refractivity contribution >= 4 is 5.78 Å². The molecule has 1 heterocycles. The molecule has 0 unspecified atom stereocenters. The van der Waals surface area contributed by atoms with E-state index in [1.165, 1.54) is 12.8 Å². The summed E-state index contributed by atoms with van der Waals surface area (Å²) in [5.41, 5.74) is 3.05. The van der Waals surface area contributed by atoms with Gasteiger partial charge in [0.2, 0.25) is 0 Å². The van der Waals surface area contributed by atoms with E-state index in [1.54, 1.807) is 0 Å². The number of rotatable bonds is 5. The average molecular weight is 277 g/mol. The van der Waals surface area contributed by atoms with Gasteiger partial charge in [-0.1, -0.05) is 6.92 Å². The molecule has 0 aromatic carbocycles. The summed E-state index contributed by atoms with van der Waals surface area (Å²) in [6.45, 7) is 9.61. The van der Waals surface area contributed by atoms with E-state index in [9.17, 15) is 4.79 Å². The van der Waals surface area contributed by atoms with E-state index in [1.807, 2.05) is 13.0 Å². The highest BCUT2D eigenvalue weighted by molar-refractivity contribution is 5.98. The summed E-state index contributed by atoms with van der Waals surface area (Å²) in [6, 6.07) is 1.99. The number of Topliss-reactive ketones (excluding diaryl/α,β-unsaturated/α-hetero) is 1. The first kappa shape index (κ1) is 15.3. The first-order valence-electron chi connectivity index (χ1n) is 7.84. The molecule has 0 spiro atoms. The van der Waals surface area contributed by atoms with Crippen molar-refractivity contribution < 1.29 is 9.53 Å². The summed E-state index contributed by atoms with van der Waals surface area (Å²) in [6.07, 6.45) is 4.93. The quantitative estimate of drug-likeness (QED) is 0.764. The Balaban J connectivity index is 1.92. The summed E-state index contributed by atoms with van der Waals surface area (Å²) in [7, 11) is 0. The number of ketones is 1. The number of nitrogens with zero attached hydrogens (tertiary/aromatic N) is 1. The Morgan fingerprint density at radius 2 is 1.95 bits per heavy atom. The fourth-order valence-corrected chi connectivity index (χ4v) is 3.24. The molecule has 0 atom stereocenters. The predicted octanol–water partition coefficient (Wildman–Crippen LogP) is 3.90. The second kappa shape index (κ2) is 6.57. The molecule has 2 rings (SSSR count). The first-order chi connectivity index (χ1) is 9.52. The number of aryl methyl sites for hydroxylation is 1. The van der Waals surface area contributed by atoms with Crippen molar-refractivity contribution in [2.45, 2.75) is 66.0 Å². The zero-order chi connectivity index (χ0) is 14.7. The van der Waals surface area contributed by atoms with Crippen molar-refractivity contribution in [3.8, 4) is 0 Å². The van der Waals surface area contributed by atoms with E-state index >= 15 is 0 Å². The Labute approximate surface area is 122 Å². The largest absolute Gasteiger partial charge is 0.370 e. The number of aromatic nitrogens is 1. The summed E-state index contributed by atoms with van der Waals surface area (Å²) >= 11 is 0. The molecule has 1 aliphatic rings. The van der Waals surface area contributed by atoms with E-state index in [4.69, 9.17) is 4.74 Å². The van der Waals surface area contributed by atoms with Gasteiger partial charge in [-0.15, -0.1) is 0 Å². The Kier molecular flexibility index (Phi) is 5.03. The van der Waals surface area contributed by atoms with Crippen LogP contribution in [0, 0.1) is 19.8 Å². The highest BCUT2D eigenvalue weighted by Gasteiger charge is 2.21. The number of carbonyl (C=O) groups excluding carboxylic acids is 1. The lowest BCUT2D eigenvalue weighted by atomic mass is 9.89. The SMILES string of the molecule is CCn1c(C)cc(C(=O)COC2CCC(C)CC2)c1C. The van der Waals surface area contributed by atoms with Gasteiger partial charge in [-0.25, -0.2) is 0 Å². The number of carbonyl (C=O) groups is 1. The van der Waals surface area contributed by atoms with Gasteiger partial charge in [0.05, 0.1) is 6.10 Å². The van der Waals surface area contributed by atoms with Crippen molar-refractivity contribution in [1.82, 2.24) is 4.57 Å². The van der Waals surface area contributed by atoms with E-state index in [0.717, 1.165) is 42.3 Å². The van der Waals surface area contributed by atoms with Gasteiger partial charge in [0.25, 0.3) is 0 Å². The average Bonchev–Trinajstić information content (AvgIpc) is 2.72. The maximum atomic E-state index is 12.3. The van der Waals surface area contributed by atoms with Gasteiger partial charge in [0.15, 0.2) is 5.78 Å². The highest BCUT2D eigenvalue weighted by atomic mass is 16.5. The minimum absolute atomic E-state index is 0.122. The lowest BCUT2D eigenvalue weighted by Crippen LogP contribution is -2.23. The minimum Gasteiger partial charge on any atom is -0.370 e. The van der Waals surface area contributed by atoms with Crippen LogP contribution >= 0.6 is 0 Å². The third-order valence-electron chi connectivity index (χ3n) is 4.60. The van der Waals surface area contributed by atoms with Crippen molar-refractivity contribution in [2.24, 2.45) is 5.92 Å². The Morgan fingerprint density at radius 3 is 2.50 bits per heavy atom. The summed E-state index contributed by atoms with van der Waals surface area (Å²) in [5.74, 6) is 0.936. The molecule has 1 aromatic heterocycles. The van der Waals surface area contributed by atoms with Crippen LogP contribution < -0.4 is 0 Å². The molecule has 3 heteroatoms. The fraction of sp³-hybridized carbons (Fsp3) is 0.706. The Morgan fingerprint density at radius 1 is 1.30 bits per heavy atom. The Hall–Kier alpha value is -1.09. The fourth-order valence-electron chi connectivity index (χ4n) is 3.24. The van der Waals surface area contributed by atoms with Crippen LogP contribution in [0.5, 0.6) is 0 Å². The molecule has 20 heavy (non-hydrogen) atoms. The monoisotopic (exact) mass is 277 g/mol. The Bertz CT molecular complexity index is 468. The number of hydrogen-bond acceptors (Lipinski definition) is 2. The van der Waals surface area contributed by atoms with E-state index < -0.39 is 0 Å².